The SMILES string of the molecule is CC1COCCN1c1ccc(NC(=O)CN2C(=O)c3ccccc3C2=O)cc1. The van der Waals surface area contributed by atoms with Crippen molar-refractivity contribution >= 4 is 29.1 Å². The largest absolute Gasteiger partial charge is 0.377 e. The van der Waals surface area contributed by atoms with Gasteiger partial charge in [-0.15, -0.1) is 0 Å². The van der Waals surface area contributed by atoms with Crippen molar-refractivity contribution in [3.8, 4) is 0 Å². The maximum absolute atomic E-state index is 12.4. The molecule has 0 saturated carbocycles. The second-order valence-electron chi connectivity index (χ2n) is 6.95. The lowest BCUT2D eigenvalue weighted by Crippen LogP contribution is -2.43. The Morgan fingerprint density at radius 2 is 1.71 bits per heavy atom. The molecule has 0 aromatic heterocycles. The van der Waals surface area contributed by atoms with Crippen molar-refractivity contribution in [1.82, 2.24) is 4.90 Å². The van der Waals surface area contributed by atoms with Crippen molar-refractivity contribution < 1.29 is 19.1 Å². The molecule has 0 aliphatic carbocycles. The van der Waals surface area contributed by atoms with Gasteiger partial charge in [0.05, 0.1) is 24.3 Å². The first kappa shape index (κ1) is 18.2. The molecule has 2 aliphatic rings. The zero-order valence-electron chi connectivity index (χ0n) is 15.6. The molecular formula is C21H21N3O4. The van der Waals surface area contributed by atoms with E-state index in [1.165, 1.54) is 0 Å². The Kier molecular flexibility index (Phi) is 4.83. The summed E-state index contributed by atoms with van der Waals surface area (Å²) in [4.78, 5) is 40.3. The highest BCUT2D eigenvalue weighted by atomic mass is 16.5. The second kappa shape index (κ2) is 7.44. The number of anilines is 2. The number of fused-ring (bicyclic) bond motifs is 1. The third-order valence-corrected chi connectivity index (χ3v) is 5.03. The van der Waals surface area contributed by atoms with Crippen molar-refractivity contribution in [1.29, 1.82) is 0 Å². The summed E-state index contributed by atoms with van der Waals surface area (Å²) < 4.78 is 5.46. The molecule has 0 bridgehead atoms. The van der Waals surface area contributed by atoms with E-state index >= 15 is 0 Å². The molecule has 2 aromatic rings. The second-order valence-corrected chi connectivity index (χ2v) is 6.95. The van der Waals surface area contributed by atoms with Crippen molar-refractivity contribution in [3.63, 3.8) is 0 Å². The molecule has 7 nitrogen and oxygen atoms in total. The van der Waals surface area contributed by atoms with Crippen molar-refractivity contribution in [2.45, 2.75) is 13.0 Å². The Labute approximate surface area is 162 Å². The molecule has 144 valence electrons. The molecule has 2 heterocycles. The minimum Gasteiger partial charge on any atom is -0.377 e. The Hall–Kier alpha value is -3.19. The summed E-state index contributed by atoms with van der Waals surface area (Å²) in [6.45, 7) is 4.01. The fraction of sp³-hybridized carbons (Fsp3) is 0.286. The third kappa shape index (κ3) is 3.36. The van der Waals surface area contributed by atoms with Crippen LogP contribution in [0.1, 0.15) is 27.6 Å². The van der Waals surface area contributed by atoms with Crippen LogP contribution in [0.15, 0.2) is 48.5 Å². The minimum absolute atomic E-state index is 0.294. The van der Waals surface area contributed by atoms with Gasteiger partial charge >= 0.3 is 0 Å². The van der Waals surface area contributed by atoms with Gasteiger partial charge < -0.3 is 15.0 Å². The Morgan fingerprint density at radius 3 is 2.32 bits per heavy atom. The molecule has 2 aliphatic heterocycles. The first-order valence-corrected chi connectivity index (χ1v) is 9.24. The number of amides is 3. The highest BCUT2D eigenvalue weighted by molar-refractivity contribution is 6.22. The summed E-state index contributed by atoms with van der Waals surface area (Å²) >= 11 is 0. The molecule has 3 amide bonds. The van der Waals surface area contributed by atoms with E-state index in [9.17, 15) is 14.4 Å². The van der Waals surface area contributed by atoms with E-state index in [-0.39, 0.29) is 6.54 Å². The number of morpholine rings is 1. The zero-order chi connectivity index (χ0) is 19.7. The Morgan fingerprint density at radius 1 is 1.07 bits per heavy atom. The van der Waals surface area contributed by atoms with Crippen LogP contribution in [0.4, 0.5) is 11.4 Å². The molecule has 1 saturated heterocycles. The van der Waals surface area contributed by atoms with E-state index in [2.05, 4.69) is 17.1 Å². The molecule has 2 aromatic carbocycles. The number of nitrogens with one attached hydrogen (secondary N) is 1. The lowest BCUT2D eigenvalue weighted by atomic mass is 10.1. The summed E-state index contributed by atoms with van der Waals surface area (Å²) in [7, 11) is 0. The predicted octanol–water partition coefficient (Wildman–Crippen LogP) is 2.15. The molecule has 28 heavy (non-hydrogen) atoms. The van der Waals surface area contributed by atoms with Gasteiger partial charge in [0.25, 0.3) is 11.8 Å². The van der Waals surface area contributed by atoms with Crippen LogP contribution in [0.25, 0.3) is 0 Å². The molecule has 1 N–H and O–H groups in total. The van der Waals surface area contributed by atoms with Crippen LogP contribution in [-0.4, -0.2) is 55.0 Å². The van der Waals surface area contributed by atoms with E-state index in [1.54, 1.807) is 24.3 Å². The average molecular weight is 379 g/mol. The molecule has 7 heteroatoms. The van der Waals surface area contributed by atoms with E-state index < -0.39 is 17.7 Å². The summed E-state index contributed by atoms with van der Waals surface area (Å²) in [5, 5.41) is 2.75. The number of carbonyl (C=O) groups excluding carboxylic acids is 3. The van der Waals surface area contributed by atoms with Gasteiger partial charge in [0.15, 0.2) is 0 Å². The first-order chi connectivity index (χ1) is 13.5. The van der Waals surface area contributed by atoms with Crippen LogP contribution in [0.3, 0.4) is 0 Å². The number of benzene rings is 2. The number of rotatable bonds is 4. The number of imide groups is 1. The molecule has 1 atom stereocenters. The van der Waals surface area contributed by atoms with Crippen molar-refractivity contribution in [3.05, 3.63) is 59.7 Å². The van der Waals surface area contributed by atoms with Gasteiger partial charge in [0, 0.05) is 24.0 Å². The lowest BCUT2D eigenvalue weighted by molar-refractivity contribution is -0.116. The van der Waals surface area contributed by atoms with Gasteiger partial charge in [0.2, 0.25) is 5.91 Å². The van der Waals surface area contributed by atoms with E-state index in [0.29, 0.717) is 36.1 Å². The van der Waals surface area contributed by atoms with Gasteiger partial charge in [0.1, 0.15) is 6.54 Å². The molecule has 1 fully saturated rings. The van der Waals surface area contributed by atoms with Gasteiger partial charge in [-0.05, 0) is 43.3 Å². The van der Waals surface area contributed by atoms with Crippen LogP contribution in [-0.2, 0) is 9.53 Å². The van der Waals surface area contributed by atoms with E-state index in [1.807, 2.05) is 24.3 Å². The topological polar surface area (TPSA) is 79.0 Å². The number of ether oxygens (including phenoxy) is 1. The normalized spacial score (nSPS) is 19.0. The first-order valence-electron chi connectivity index (χ1n) is 9.24. The molecule has 0 radical (unpaired) electrons. The summed E-state index contributed by atoms with van der Waals surface area (Å²) in [5.41, 5.74) is 2.36. The monoisotopic (exact) mass is 379 g/mol. The van der Waals surface area contributed by atoms with E-state index in [4.69, 9.17) is 4.74 Å². The third-order valence-electron chi connectivity index (χ3n) is 5.03. The van der Waals surface area contributed by atoms with Gasteiger partial charge in [-0.1, -0.05) is 12.1 Å². The lowest BCUT2D eigenvalue weighted by Gasteiger charge is -2.35. The predicted molar refractivity (Wildman–Crippen MR) is 105 cm³/mol. The van der Waals surface area contributed by atoms with Gasteiger partial charge in [-0.3, -0.25) is 19.3 Å². The summed E-state index contributed by atoms with van der Waals surface area (Å²) in [5.74, 6) is -1.29. The minimum atomic E-state index is -0.438. The fourth-order valence-electron chi connectivity index (χ4n) is 3.57. The van der Waals surface area contributed by atoms with Gasteiger partial charge in [-0.2, -0.15) is 0 Å². The molecular weight excluding hydrogens is 358 g/mol. The van der Waals surface area contributed by atoms with Crippen molar-refractivity contribution in [2.24, 2.45) is 0 Å². The number of nitrogens with zero attached hydrogens (tertiary/aromatic N) is 2. The Bertz CT molecular complexity index is 891. The van der Waals surface area contributed by atoms with Crippen LogP contribution >= 0.6 is 0 Å². The highest BCUT2D eigenvalue weighted by Gasteiger charge is 2.36. The quantitative estimate of drug-likeness (QED) is 0.824. The van der Waals surface area contributed by atoms with Gasteiger partial charge in [-0.25, -0.2) is 0 Å². The van der Waals surface area contributed by atoms with Crippen LogP contribution < -0.4 is 10.2 Å². The molecule has 1 unspecified atom stereocenters. The number of hydrogen-bond acceptors (Lipinski definition) is 5. The van der Waals surface area contributed by atoms with Crippen LogP contribution in [0.5, 0.6) is 0 Å². The number of hydrogen-bond donors (Lipinski definition) is 1. The highest BCUT2D eigenvalue weighted by Crippen LogP contribution is 2.23. The standard InChI is InChI=1S/C21H21N3O4/c1-14-13-28-11-10-23(14)16-8-6-15(7-9-16)22-19(25)12-24-20(26)17-4-2-3-5-18(17)21(24)27/h2-9,14H,10-13H2,1H3,(H,22,25). The summed E-state index contributed by atoms with van der Waals surface area (Å²) in [6, 6.07) is 14.4. The summed E-state index contributed by atoms with van der Waals surface area (Å²) in [6.07, 6.45) is 0. The smallest absolute Gasteiger partial charge is 0.262 e. The van der Waals surface area contributed by atoms with Crippen molar-refractivity contribution in [2.75, 3.05) is 36.5 Å². The maximum Gasteiger partial charge on any atom is 0.262 e. The molecule has 4 rings (SSSR count). The van der Waals surface area contributed by atoms with Crippen LogP contribution in [0, 0.1) is 0 Å². The van der Waals surface area contributed by atoms with E-state index in [0.717, 1.165) is 17.1 Å². The fourth-order valence-corrected chi connectivity index (χ4v) is 3.57. The maximum atomic E-state index is 12.4. The number of carbonyl (C=O) groups is 3. The Balaban J connectivity index is 1.39. The van der Waals surface area contributed by atoms with Crippen LogP contribution in [0.2, 0.25) is 0 Å². The zero-order valence-corrected chi connectivity index (χ0v) is 15.6. The molecule has 0 spiro atoms. The average Bonchev–Trinajstić information content (AvgIpc) is 2.94.